The lowest BCUT2D eigenvalue weighted by Crippen LogP contribution is -2.21. The maximum atomic E-state index is 5.61. The van der Waals surface area contributed by atoms with Crippen molar-refractivity contribution in [2.24, 2.45) is 0 Å². The Bertz CT molecular complexity index is 978. The van der Waals surface area contributed by atoms with Gasteiger partial charge in [0.1, 0.15) is 6.10 Å². The Morgan fingerprint density at radius 1 is 0.964 bits per heavy atom. The molecule has 2 heterocycles. The molecule has 0 saturated heterocycles. The largest absolute Gasteiger partial charge is 0.375 e. The van der Waals surface area contributed by atoms with E-state index in [1.807, 2.05) is 12.3 Å². The summed E-state index contributed by atoms with van der Waals surface area (Å²) in [6.45, 7) is 1.49. The molecule has 0 aliphatic carbocycles. The third kappa shape index (κ3) is 4.22. The molecule has 0 fully saturated rings. The van der Waals surface area contributed by atoms with Gasteiger partial charge in [0.05, 0.1) is 11.9 Å². The lowest BCUT2D eigenvalue weighted by Gasteiger charge is -2.14. The summed E-state index contributed by atoms with van der Waals surface area (Å²) in [6.07, 6.45) is 1.96. The summed E-state index contributed by atoms with van der Waals surface area (Å²) in [5.41, 5.74) is 5.77. The van der Waals surface area contributed by atoms with Gasteiger partial charge in [0.15, 0.2) is 0 Å². The molecule has 0 amide bonds. The monoisotopic (exact) mass is 389 g/mol. The Hall–Kier alpha value is -2.73. The van der Waals surface area contributed by atoms with Crippen molar-refractivity contribution in [3.8, 4) is 22.4 Å². The van der Waals surface area contributed by atoms with Crippen LogP contribution in [-0.4, -0.2) is 23.9 Å². The zero-order valence-corrected chi connectivity index (χ0v) is 16.6. The number of methoxy groups -OCH3 is 1. The van der Waals surface area contributed by atoms with Crippen LogP contribution in [0.3, 0.4) is 0 Å². The van der Waals surface area contributed by atoms with Gasteiger partial charge in [0.2, 0.25) is 0 Å². The molecule has 2 aromatic carbocycles. The smallest absolute Gasteiger partial charge is 0.104 e. The van der Waals surface area contributed by atoms with E-state index in [1.165, 1.54) is 16.0 Å². The second kappa shape index (κ2) is 8.97. The molecule has 0 aliphatic rings. The minimum atomic E-state index is 0.0699. The first-order chi connectivity index (χ1) is 13.8. The molecule has 4 aromatic rings. The van der Waals surface area contributed by atoms with Crippen molar-refractivity contribution in [2.75, 3.05) is 13.7 Å². The van der Waals surface area contributed by atoms with Gasteiger partial charge in [-0.3, -0.25) is 5.10 Å². The zero-order valence-electron chi connectivity index (χ0n) is 15.8. The molecular weight excluding hydrogens is 366 g/mol. The molecule has 0 saturated carbocycles. The van der Waals surface area contributed by atoms with Gasteiger partial charge in [-0.2, -0.15) is 5.10 Å². The normalized spacial score (nSPS) is 12.2. The van der Waals surface area contributed by atoms with E-state index in [9.17, 15) is 0 Å². The second-order valence-electron chi connectivity index (χ2n) is 6.58. The summed E-state index contributed by atoms with van der Waals surface area (Å²) < 4.78 is 5.61. The third-order valence-electron chi connectivity index (χ3n) is 4.79. The topological polar surface area (TPSA) is 49.9 Å². The van der Waals surface area contributed by atoms with Crippen LogP contribution in [0.4, 0.5) is 0 Å². The number of ether oxygens (including phenoxy) is 1. The average molecular weight is 390 g/mol. The molecule has 2 N–H and O–H groups in total. The van der Waals surface area contributed by atoms with E-state index in [0.717, 1.165) is 29.9 Å². The van der Waals surface area contributed by atoms with E-state index in [0.29, 0.717) is 0 Å². The molecule has 0 radical (unpaired) electrons. The lowest BCUT2D eigenvalue weighted by molar-refractivity contribution is 0.105. The third-order valence-corrected chi connectivity index (χ3v) is 5.75. The van der Waals surface area contributed by atoms with Crippen LogP contribution >= 0.6 is 11.3 Å². The van der Waals surface area contributed by atoms with Crippen LogP contribution in [0, 0.1) is 0 Å². The molecule has 142 valence electrons. The summed E-state index contributed by atoms with van der Waals surface area (Å²) >= 11 is 1.72. The van der Waals surface area contributed by atoms with Crippen molar-refractivity contribution in [2.45, 2.75) is 12.6 Å². The van der Waals surface area contributed by atoms with E-state index < -0.39 is 0 Å². The molecule has 0 spiro atoms. The average Bonchev–Trinajstić information content (AvgIpc) is 3.44. The minimum Gasteiger partial charge on any atom is -0.375 e. The number of aromatic nitrogens is 2. The van der Waals surface area contributed by atoms with Gasteiger partial charge in [0, 0.05) is 30.6 Å². The number of nitrogens with one attached hydrogen (secondary N) is 2. The fraction of sp³-hybridized carbons (Fsp3) is 0.174. The number of nitrogens with zero attached hydrogens (tertiary/aromatic N) is 1. The van der Waals surface area contributed by atoms with Crippen molar-refractivity contribution in [3.05, 3.63) is 88.7 Å². The highest BCUT2D eigenvalue weighted by Gasteiger charge is 2.13. The maximum Gasteiger partial charge on any atom is 0.104 e. The predicted molar refractivity (Wildman–Crippen MR) is 115 cm³/mol. The number of aromatic amines is 1. The van der Waals surface area contributed by atoms with Gasteiger partial charge in [-0.25, -0.2) is 0 Å². The van der Waals surface area contributed by atoms with E-state index >= 15 is 0 Å². The number of rotatable bonds is 8. The van der Waals surface area contributed by atoms with Crippen LogP contribution in [0.1, 0.15) is 16.5 Å². The Balaban J connectivity index is 1.42. The zero-order chi connectivity index (χ0) is 19.2. The summed E-state index contributed by atoms with van der Waals surface area (Å²) in [7, 11) is 1.75. The van der Waals surface area contributed by atoms with E-state index in [-0.39, 0.29) is 6.10 Å². The molecule has 4 rings (SSSR count). The number of thiophene rings is 1. The molecule has 5 heteroatoms. The molecule has 1 atom stereocenters. The SMILES string of the molecule is COC(CNCc1cn[nH]c1-c1ccc(-c2ccccc2)cc1)c1cccs1. The van der Waals surface area contributed by atoms with Crippen molar-refractivity contribution in [1.29, 1.82) is 0 Å². The first-order valence-electron chi connectivity index (χ1n) is 9.30. The summed E-state index contributed by atoms with van der Waals surface area (Å²) in [6, 6.07) is 23.2. The lowest BCUT2D eigenvalue weighted by atomic mass is 10.0. The number of hydrogen-bond acceptors (Lipinski definition) is 4. The number of hydrogen-bond donors (Lipinski definition) is 2. The van der Waals surface area contributed by atoms with Crippen LogP contribution in [0.5, 0.6) is 0 Å². The Morgan fingerprint density at radius 2 is 1.71 bits per heavy atom. The van der Waals surface area contributed by atoms with E-state index in [4.69, 9.17) is 4.74 Å². The molecule has 0 aliphatic heterocycles. The summed E-state index contributed by atoms with van der Waals surface area (Å²) in [5, 5.41) is 13.0. The van der Waals surface area contributed by atoms with E-state index in [2.05, 4.69) is 81.6 Å². The number of benzene rings is 2. The summed E-state index contributed by atoms with van der Waals surface area (Å²) in [5.74, 6) is 0. The maximum absolute atomic E-state index is 5.61. The predicted octanol–water partition coefficient (Wildman–Crippen LogP) is 5.28. The second-order valence-corrected chi connectivity index (χ2v) is 7.56. The van der Waals surface area contributed by atoms with E-state index in [1.54, 1.807) is 18.4 Å². The van der Waals surface area contributed by atoms with Gasteiger partial charge >= 0.3 is 0 Å². The summed E-state index contributed by atoms with van der Waals surface area (Å²) in [4.78, 5) is 1.24. The molecule has 2 aromatic heterocycles. The fourth-order valence-electron chi connectivity index (χ4n) is 3.27. The quantitative estimate of drug-likeness (QED) is 0.431. The van der Waals surface area contributed by atoms with Gasteiger partial charge in [0.25, 0.3) is 0 Å². The van der Waals surface area contributed by atoms with Gasteiger partial charge in [-0.15, -0.1) is 11.3 Å². The Kier molecular flexibility index (Phi) is 5.97. The Morgan fingerprint density at radius 3 is 2.43 bits per heavy atom. The van der Waals surface area contributed by atoms with Gasteiger partial charge in [-0.1, -0.05) is 60.7 Å². The van der Waals surface area contributed by atoms with Gasteiger partial charge < -0.3 is 10.1 Å². The Labute approximate surface area is 169 Å². The highest BCUT2D eigenvalue weighted by molar-refractivity contribution is 7.10. The van der Waals surface area contributed by atoms with Crippen LogP contribution in [0.2, 0.25) is 0 Å². The minimum absolute atomic E-state index is 0.0699. The van der Waals surface area contributed by atoms with Crippen LogP contribution in [-0.2, 0) is 11.3 Å². The molecule has 0 bridgehead atoms. The van der Waals surface area contributed by atoms with Crippen molar-refractivity contribution in [3.63, 3.8) is 0 Å². The van der Waals surface area contributed by atoms with Crippen LogP contribution < -0.4 is 5.32 Å². The van der Waals surface area contributed by atoms with Crippen LogP contribution in [0.25, 0.3) is 22.4 Å². The fourth-order valence-corrected chi connectivity index (χ4v) is 4.07. The first-order valence-corrected chi connectivity index (χ1v) is 10.2. The van der Waals surface area contributed by atoms with Crippen LogP contribution in [0.15, 0.2) is 78.3 Å². The molecule has 28 heavy (non-hydrogen) atoms. The highest BCUT2D eigenvalue weighted by atomic mass is 32.1. The standard InChI is InChI=1S/C23H23N3OS/c1-27-21(22-8-5-13-28-22)16-24-14-20-15-25-26-23(20)19-11-9-18(10-12-19)17-6-3-2-4-7-17/h2-13,15,21,24H,14,16H2,1H3,(H,25,26). The highest BCUT2D eigenvalue weighted by Crippen LogP contribution is 2.26. The first kappa shape index (κ1) is 18.6. The van der Waals surface area contributed by atoms with Gasteiger partial charge in [-0.05, 0) is 28.1 Å². The molecule has 4 nitrogen and oxygen atoms in total. The molecular formula is C23H23N3OS. The van der Waals surface area contributed by atoms with Crippen molar-refractivity contribution < 1.29 is 4.74 Å². The molecule has 1 unspecified atom stereocenters. The number of H-pyrrole nitrogens is 1. The van der Waals surface area contributed by atoms with Crippen molar-refractivity contribution >= 4 is 11.3 Å². The van der Waals surface area contributed by atoms with Crippen molar-refractivity contribution in [1.82, 2.24) is 15.5 Å².